The maximum Gasteiger partial charge on any atom is 0.321 e. The summed E-state index contributed by atoms with van der Waals surface area (Å²) >= 11 is 2.57. The molecule has 0 atom stereocenters. The number of esters is 1. The summed E-state index contributed by atoms with van der Waals surface area (Å²) in [6, 6.07) is -0.480. The van der Waals surface area contributed by atoms with Gasteiger partial charge in [-0.2, -0.15) is 0 Å². The smallest absolute Gasteiger partial charge is 0.321 e. The molecule has 0 spiro atoms. The van der Waals surface area contributed by atoms with E-state index in [9.17, 15) is 14.4 Å². The van der Waals surface area contributed by atoms with Gasteiger partial charge in [-0.05, 0) is 13.3 Å². The van der Waals surface area contributed by atoms with Gasteiger partial charge >= 0.3 is 12.0 Å². The second-order valence-electron chi connectivity index (χ2n) is 4.53. The Hall–Kier alpha value is -1.61. The van der Waals surface area contributed by atoms with Gasteiger partial charge in [-0.25, -0.2) is 9.78 Å². The van der Waals surface area contributed by atoms with Gasteiger partial charge in [0.05, 0.1) is 24.5 Å². The molecule has 0 bridgehead atoms. The van der Waals surface area contributed by atoms with Crippen LogP contribution in [0.25, 0.3) is 0 Å². The molecule has 23 heavy (non-hydrogen) atoms. The number of carbonyl (C=O) groups is 3. The molecule has 0 aliphatic carbocycles. The number of amides is 3. The molecule has 9 heteroatoms. The molecular weight excluding hydrogens is 338 g/mol. The van der Waals surface area contributed by atoms with Crippen molar-refractivity contribution in [3.8, 4) is 0 Å². The van der Waals surface area contributed by atoms with Gasteiger partial charge in [-0.3, -0.25) is 14.9 Å². The molecule has 128 valence electrons. The number of imide groups is 1. The summed E-state index contributed by atoms with van der Waals surface area (Å²) < 4.78 is 5.52. The molecule has 0 unspecified atom stereocenters. The number of nitrogens with zero attached hydrogens (tertiary/aromatic N) is 1. The molecule has 0 aliphatic heterocycles. The maximum absolute atomic E-state index is 11.6. The van der Waals surface area contributed by atoms with Gasteiger partial charge in [-0.15, -0.1) is 11.3 Å². The zero-order valence-corrected chi connectivity index (χ0v) is 14.8. The number of hydrogen-bond donors (Lipinski definition) is 2. The number of urea groups is 1. The van der Waals surface area contributed by atoms with E-state index in [4.69, 9.17) is 4.74 Å². The van der Waals surface area contributed by atoms with E-state index < -0.39 is 6.03 Å². The summed E-state index contributed by atoms with van der Waals surface area (Å²) in [5, 5.41) is 6.62. The predicted molar refractivity (Wildman–Crippen MR) is 89.6 cm³/mol. The number of thiazole rings is 1. The van der Waals surface area contributed by atoms with Crippen LogP contribution in [0.4, 0.5) is 4.79 Å². The number of hydrogen-bond acceptors (Lipinski definition) is 7. The fourth-order valence-electron chi connectivity index (χ4n) is 1.51. The third-order valence-corrected chi connectivity index (χ3v) is 4.63. The molecule has 7 nitrogen and oxygen atoms in total. The second-order valence-corrected chi connectivity index (χ2v) is 6.61. The lowest BCUT2D eigenvalue weighted by molar-refractivity contribution is -0.142. The van der Waals surface area contributed by atoms with Gasteiger partial charge in [0.1, 0.15) is 0 Å². The highest BCUT2D eigenvalue weighted by Gasteiger charge is 2.11. The van der Waals surface area contributed by atoms with Crippen molar-refractivity contribution in [3.63, 3.8) is 0 Å². The largest absolute Gasteiger partial charge is 0.466 e. The second kappa shape index (κ2) is 11.0. The van der Waals surface area contributed by atoms with Crippen LogP contribution in [0, 0.1) is 0 Å². The SMILES string of the molecule is CCCCNC(=O)NC(=O)CSc1nc(CC(=O)OCC)cs1. The zero-order chi connectivity index (χ0) is 17.1. The normalized spacial score (nSPS) is 10.2. The Morgan fingerprint density at radius 2 is 2.13 bits per heavy atom. The Kier molecular flexibility index (Phi) is 9.30. The molecule has 0 saturated carbocycles. The van der Waals surface area contributed by atoms with E-state index in [1.165, 1.54) is 23.1 Å². The highest BCUT2D eigenvalue weighted by molar-refractivity contribution is 8.01. The number of thioether (sulfide) groups is 1. The molecule has 2 N–H and O–H groups in total. The van der Waals surface area contributed by atoms with Crippen molar-refractivity contribution in [2.24, 2.45) is 0 Å². The average molecular weight is 359 g/mol. The highest BCUT2D eigenvalue weighted by atomic mass is 32.2. The Morgan fingerprint density at radius 3 is 2.83 bits per heavy atom. The fraction of sp³-hybridized carbons (Fsp3) is 0.571. The van der Waals surface area contributed by atoms with Crippen LogP contribution < -0.4 is 10.6 Å². The van der Waals surface area contributed by atoms with Crippen LogP contribution in [0.1, 0.15) is 32.4 Å². The average Bonchev–Trinajstić information content (AvgIpc) is 2.93. The Bertz CT molecular complexity index is 534. The van der Waals surface area contributed by atoms with Crippen molar-refractivity contribution in [1.82, 2.24) is 15.6 Å². The van der Waals surface area contributed by atoms with Crippen molar-refractivity contribution in [2.45, 2.75) is 37.4 Å². The maximum atomic E-state index is 11.6. The summed E-state index contributed by atoms with van der Waals surface area (Å²) in [7, 11) is 0. The quantitative estimate of drug-likeness (QED) is 0.397. The van der Waals surface area contributed by atoms with Gasteiger partial charge in [0, 0.05) is 11.9 Å². The minimum Gasteiger partial charge on any atom is -0.466 e. The van der Waals surface area contributed by atoms with Crippen LogP contribution in [0.3, 0.4) is 0 Å². The lowest BCUT2D eigenvalue weighted by Crippen LogP contribution is -2.40. The monoisotopic (exact) mass is 359 g/mol. The third kappa shape index (κ3) is 8.56. The zero-order valence-electron chi connectivity index (χ0n) is 13.2. The standard InChI is InChI=1S/C14H21N3O4S2/c1-3-5-6-15-13(20)17-11(18)9-23-14-16-10(8-22-14)7-12(19)21-4-2/h8H,3-7,9H2,1-2H3,(H2,15,17,18,20). The van der Waals surface area contributed by atoms with Gasteiger partial charge in [0.25, 0.3) is 0 Å². The summed E-state index contributed by atoms with van der Waals surface area (Å²) in [6.07, 6.45) is 1.97. The van der Waals surface area contributed by atoms with E-state index >= 15 is 0 Å². The summed E-state index contributed by atoms with van der Waals surface area (Å²) in [5.41, 5.74) is 0.619. The van der Waals surface area contributed by atoms with E-state index in [2.05, 4.69) is 15.6 Å². The topological polar surface area (TPSA) is 97.4 Å². The minimum absolute atomic E-state index is 0.0908. The lowest BCUT2D eigenvalue weighted by atomic mass is 10.3. The predicted octanol–water partition coefficient (Wildman–Crippen LogP) is 1.97. The first-order valence-corrected chi connectivity index (χ1v) is 9.22. The lowest BCUT2D eigenvalue weighted by Gasteiger charge is -2.05. The number of unbranched alkanes of at least 4 members (excludes halogenated alkanes) is 1. The molecule has 0 radical (unpaired) electrons. The number of rotatable bonds is 9. The Morgan fingerprint density at radius 1 is 1.35 bits per heavy atom. The molecular formula is C14H21N3O4S2. The van der Waals surface area contributed by atoms with Crippen LogP contribution in [0.2, 0.25) is 0 Å². The molecule has 1 rings (SSSR count). The number of nitrogens with one attached hydrogen (secondary N) is 2. The van der Waals surface area contributed by atoms with Crippen molar-refractivity contribution >= 4 is 41.0 Å². The Balaban J connectivity index is 2.29. The van der Waals surface area contributed by atoms with E-state index in [1.807, 2.05) is 6.92 Å². The molecule has 0 aromatic carbocycles. The first kappa shape index (κ1) is 19.4. The van der Waals surface area contributed by atoms with Crippen LogP contribution in [0.15, 0.2) is 9.72 Å². The van der Waals surface area contributed by atoms with Crippen LogP contribution in [-0.4, -0.2) is 41.8 Å². The van der Waals surface area contributed by atoms with Crippen LogP contribution in [-0.2, 0) is 20.7 Å². The summed E-state index contributed by atoms with van der Waals surface area (Å²) in [5.74, 6) is -0.616. The van der Waals surface area contributed by atoms with Crippen molar-refractivity contribution in [1.29, 1.82) is 0 Å². The number of aromatic nitrogens is 1. The molecule has 1 heterocycles. The number of ether oxygens (including phenoxy) is 1. The number of carbonyl (C=O) groups excluding carboxylic acids is 3. The van der Waals surface area contributed by atoms with E-state index in [1.54, 1.807) is 12.3 Å². The summed E-state index contributed by atoms with van der Waals surface area (Å²) in [4.78, 5) is 38.6. The van der Waals surface area contributed by atoms with Crippen LogP contribution >= 0.6 is 23.1 Å². The molecule has 1 aromatic rings. The van der Waals surface area contributed by atoms with Gasteiger partial charge in [-0.1, -0.05) is 25.1 Å². The first-order chi connectivity index (χ1) is 11.0. The molecule has 0 fully saturated rings. The highest BCUT2D eigenvalue weighted by Crippen LogP contribution is 2.22. The van der Waals surface area contributed by atoms with Gasteiger partial charge in [0.15, 0.2) is 4.34 Å². The van der Waals surface area contributed by atoms with E-state index in [0.717, 1.165) is 12.8 Å². The summed E-state index contributed by atoms with van der Waals surface area (Å²) in [6.45, 7) is 4.65. The van der Waals surface area contributed by atoms with Crippen molar-refractivity contribution < 1.29 is 19.1 Å². The third-order valence-electron chi connectivity index (χ3n) is 2.56. The molecule has 3 amide bonds. The van der Waals surface area contributed by atoms with Crippen LogP contribution in [0.5, 0.6) is 0 Å². The first-order valence-electron chi connectivity index (χ1n) is 7.35. The van der Waals surface area contributed by atoms with Gasteiger partial charge < -0.3 is 10.1 Å². The van der Waals surface area contributed by atoms with E-state index in [-0.39, 0.29) is 24.1 Å². The van der Waals surface area contributed by atoms with Crippen molar-refractivity contribution in [3.05, 3.63) is 11.1 Å². The Labute approximate surface area is 143 Å². The van der Waals surface area contributed by atoms with E-state index in [0.29, 0.717) is 23.2 Å². The van der Waals surface area contributed by atoms with Gasteiger partial charge in [0.2, 0.25) is 5.91 Å². The molecule has 1 aromatic heterocycles. The molecule has 0 saturated heterocycles. The minimum atomic E-state index is -0.480. The van der Waals surface area contributed by atoms with Crippen molar-refractivity contribution in [2.75, 3.05) is 18.9 Å². The molecule has 0 aliphatic rings. The fourth-order valence-corrected chi connectivity index (χ4v) is 3.15.